The molecule has 0 aromatic carbocycles. The molecule has 0 spiro atoms. The molecule has 86 valence electrons. The number of hydrogen-bond donors (Lipinski definition) is 2. The Hall–Kier alpha value is -2.32. The predicted molar refractivity (Wildman–Crippen MR) is 45.6 cm³/mol. The third kappa shape index (κ3) is 1.87. The molecule has 0 aliphatic heterocycles. The number of carbonyl (C=O) groups is 1. The van der Waals surface area contributed by atoms with E-state index in [1.807, 2.05) is 0 Å². The van der Waals surface area contributed by atoms with Crippen molar-refractivity contribution in [3.63, 3.8) is 0 Å². The molecule has 2 N–H and O–H groups in total. The highest BCUT2D eigenvalue weighted by Gasteiger charge is 2.31. The summed E-state index contributed by atoms with van der Waals surface area (Å²) in [5, 5.41) is 18.9. The molecule has 9 heteroatoms. The van der Waals surface area contributed by atoms with Gasteiger partial charge < -0.3 is 10.1 Å². The number of carboxylic acids is 1. The lowest BCUT2D eigenvalue weighted by Gasteiger charge is -2.04. The summed E-state index contributed by atoms with van der Waals surface area (Å²) >= 11 is 0. The van der Waals surface area contributed by atoms with Crippen molar-refractivity contribution in [2.45, 2.75) is 6.43 Å². The fraction of sp³-hybridized carbons (Fsp3) is 0.143. The standard InChI is InChI=1S/C7H4F2N2O5/c8-5(9)3-2(11(15)16)1-10-6(12)4(3)7(13)14/h1,5H,(H,10,12)(H,13,14). The fourth-order valence-corrected chi connectivity index (χ4v) is 1.12. The van der Waals surface area contributed by atoms with Gasteiger partial charge in [-0.15, -0.1) is 0 Å². The van der Waals surface area contributed by atoms with Crippen molar-refractivity contribution in [2.75, 3.05) is 0 Å². The van der Waals surface area contributed by atoms with Gasteiger partial charge in [-0.2, -0.15) is 0 Å². The largest absolute Gasteiger partial charge is 0.477 e. The Kier molecular flexibility index (Phi) is 2.97. The molecule has 0 aliphatic rings. The van der Waals surface area contributed by atoms with Crippen LogP contribution in [0.2, 0.25) is 0 Å². The van der Waals surface area contributed by atoms with Crippen molar-refractivity contribution in [1.82, 2.24) is 4.98 Å². The van der Waals surface area contributed by atoms with Crippen LogP contribution in [0.1, 0.15) is 22.3 Å². The molecular weight excluding hydrogens is 230 g/mol. The first-order valence-corrected chi connectivity index (χ1v) is 3.77. The first-order chi connectivity index (χ1) is 7.36. The number of rotatable bonds is 3. The van der Waals surface area contributed by atoms with Gasteiger partial charge in [-0.05, 0) is 0 Å². The Labute approximate surface area is 85.5 Å². The molecule has 16 heavy (non-hydrogen) atoms. The Morgan fingerprint density at radius 3 is 2.50 bits per heavy atom. The topological polar surface area (TPSA) is 113 Å². The van der Waals surface area contributed by atoms with Gasteiger partial charge in [0.2, 0.25) is 0 Å². The molecule has 0 radical (unpaired) electrons. The average Bonchev–Trinajstić information content (AvgIpc) is 2.15. The SMILES string of the molecule is O=C(O)c1c(C(F)F)c([N+](=O)[O-])c[nH]c1=O. The minimum absolute atomic E-state index is 0.441. The predicted octanol–water partition coefficient (Wildman–Crippen LogP) is 0.919. The molecule has 1 heterocycles. The van der Waals surface area contributed by atoms with Gasteiger partial charge >= 0.3 is 5.97 Å². The summed E-state index contributed by atoms with van der Waals surface area (Å²) in [6.45, 7) is 0. The molecule has 1 aromatic rings. The molecule has 0 fully saturated rings. The molecule has 1 rings (SSSR count). The smallest absolute Gasteiger partial charge is 0.342 e. The van der Waals surface area contributed by atoms with E-state index in [4.69, 9.17) is 5.11 Å². The van der Waals surface area contributed by atoms with E-state index in [9.17, 15) is 28.5 Å². The maximum absolute atomic E-state index is 12.5. The number of nitrogens with one attached hydrogen (secondary N) is 1. The van der Waals surface area contributed by atoms with E-state index < -0.39 is 39.7 Å². The monoisotopic (exact) mass is 234 g/mol. The number of alkyl halides is 2. The number of halogens is 2. The molecule has 1 aromatic heterocycles. The second-order valence-electron chi connectivity index (χ2n) is 2.65. The minimum atomic E-state index is -3.42. The van der Waals surface area contributed by atoms with E-state index in [0.717, 1.165) is 0 Å². The van der Waals surface area contributed by atoms with Crippen molar-refractivity contribution in [3.05, 3.63) is 37.8 Å². The number of H-pyrrole nitrogens is 1. The van der Waals surface area contributed by atoms with Gasteiger partial charge in [0, 0.05) is 0 Å². The van der Waals surface area contributed by atoms with Gasteiger partial charge in [-0.25, -0.2) is 13.6 Å². The number of hydrogen-bond acceptors (Lipinski definition) is 4. The highest BCUT2D eigenvalue weighted by molar-refractivity contribution is 5.90. The highest BCUT2D eigenvalue weighted by atomic mass is 19.3. The van der Waals surface area contributed by atoms with Crippen molar-refractivity contribution in [1.29, 1.82) is 0 Å². The summed E-state index contributed by atoms with van der Waals surface area (Å²) in [6.07, 6.45) is -2.98. The first kappa shape index (κ1) is 11.8. The number of aromatic amines is 1. The van der Waals surface area contributed by atoms with Crippen LogP contribution < -0.4 is 5.56 Å². The molecular formula is C7H4F2N2O5. The number of nitro groups is 1. The Bertz CT molecular complexity index is 510. The fourth-order valence-electron chi connectivity index (χ4n) is 1.12. The van der Waals surface area contributed by atoms with Crippen LogP contribution in [0, 0.1) is 10.1 Å². The zero-order valence-corrected chi connectivity index (χ0v) is 7.44. The highest BCUT2D eigenvalue weighted by Crippen LogP contribution is 2.29. The van der Waals surface area contributed by atoms with Crippen LogP contribution in [0.5, 0.6) is 0 Å². The van der Waals surface area contributed by atoms with Crippen LogP contribution >= 0.6 is 0 Å². The minimum Gasteiger partial charge on any atom is -0.477 e. The van der Waals surface area contributed by atoms with Gasteiger partial charge in [0.1, 0.15) is 11.1 Å². The molecule has 0 saturated carbocycles. The number of carboxylic acid groups (broad SMARTS) is 1. The van der Waals surface area contributed by atoms with Gasteiger partial charge in [-0.3, -0.25) is 14.9 Å². The molecule has 0 saturated heterocycles. The number of nitrogens with zero attached hydrogens (tertiary/aromatic N) is 1. The lowest BCUT2D eigenvalue weighted by atomic mass is 10.1. The van der Waals surface area contributed by atoms with Crippen LogP contribution in [0.4, 0.5) is 14.5 Å². The summed E-state index contributed by atoms with van der Waals surface area (Å²) in [6, 6.07) is 0. The Morgan fingerprint density at radius 2 is 2.12 bits per heavy atom. The van der Waals surface area contributed by atoms with Crippen LogP contribution in [0.25, 0.3) is 0 Å². The van der Waals surface area contributed by atoms with Gasteiger partial charge in [0.25, 0.3) is 17.7 Å². The molecule has 0 aliphatic carbocycles. The molecule has 0 unspecified atom stereocenters. The van der Waals surface area contributed by atoms with Crippen LogP contribution in [0.15, 0.2) is 11.0 Å². The molecule has 0 bridgehead atoms. The normalized spacial score (nSPS) is 10.4. The van der Waals surface area contributed by atoms with Crippen LogP contribution in [-0.2, 0) is 0 Å². The van der Waals surface area contributed by atoms with E-state index in [2.05, 4.69) is 0 Å². The zero-order valence-electron chi connectivity index (χ0n) is 7.44. The maximum atomic E-state index is 12.5. The van der Waals surface area contributed by atoms with E-state index in [0.29, 0.717) is 6.20 Å². The summed E-state index contributed by atoms with van der Waals surface area (Å²) in [7, 11) is 0. The van der Waals surface area contributed by atoms with Crippen LogP contribution in [-0.4, -0.2) is 21.0 Å². The summed E-state index contributed by atoms with van der Waals surface area (Å²) in [5.74, 6) is -1.94. The van der Waals surface area contributed by atoms with Crippen molar-refractivity contribution < 1.29 is 23.6 Å². The lowest BCUT2D eigenvalue weighted by molar-refractivity contribution is -0.386. The third-order valence-corrected chi connectivity index (χ3v) is 1.74. The lowest BCUT2D eigenvalue weighted by Crippen LogP contribution is -2.21. The van der Waals surface area contributed by atoms with Gasteiger partial charge in [0.05, 0.1) is 11.1 Å². The third-order valence-electron chi connectivity index (χ3n) is 1.74. The van der Waals surface area contributed by atoms with Crippen molar-refractivity contribution in [2.24, 2.45) is 0 Å². The van der Waals surface area contributed by atoms with Crippen molar-refractivity contribution in [3.8, 4) is 0 Å². The molecule has 7 nitrogen and oxygen atoms in total. The summed E-state index contributed by atoms with van der Waals surface area (Å²) in [5.41, 5.74) is -5.15. The van der Waals surface area contributed by atoms with Gasteiger partial charge in [0.15, 0.2) is 0 Å². The van der Waals surface area contributed by atoms with E-state index in [1.54, 1.807) is 4.98 Å². The van der Waals surface area contributed by atoms with E-state index >= 15 is 0 Å². The van der Waals surface area contributed by atoms with Crippen LogP contribution in [0.3, 0.4) is 0 Å². The quantitative estimate of drug-likeness (QED) is 0.596. The Morgan fingerprint density at radius 1 is 1.56 bits per heavy atom. The van der Waals surface area contributed by atoms with Gasteiger partial charge in [-0.1, -0.05) is 0 Å². The first-order valence-electron chi connectivity index (χ1n) is 3.77. The number of aromatic carboxylic acids is 1. The molecule has 0 atom stereocenters. The van der Waals surface area contributed by atoms with E-state index in [1.165, 1.54) is 0 Å². The van der Waals surface area contributed by atoms with E-state index in [-0.39, 0.29) is 0 Å². The number of pyridine rings is 1. The second-order valence-corrected chi connectivity index (χ2v) is 2.65. The van der Waals surface area contributed by atoms with Crippen molar-refractivity contribution >= 4 is 11.7 Å². The number of aromatic nitrogens is 1. The summed E-state index contributed by atoms with van der Waals surface area (Å²) < 4.78 is 24.9. The Balaban J connectivity index is 3.70. The summed E-state index contributed by atoms with van der Waals surface area (Å²) in [4.78, 5) is 32.4. The zero-order chi connectivity index (χ0) is 12.5. The molecule has 0 amide bonds. The average molecular weight is 234 g/mol. The second kappa shape index (κ2) is 4.04. The maximum Gasteiger partial charge on any atom is 0.342 e.